The first-order valence-electron chi connectivity index (χ1n) is 10.2. The standard InChI is InChI=1S/C26H21F2N3O2/c1-3-25(32)29-14-16-8-10-23(30-24-11-9-17(27)13-22(24)28)20(12-16)21-15-31(2)26(33)19-7-5-4-6-18(19)21/h3-13,15,30H,1,14H2,2H3,(H,29,32). The maximum Gasteiger partial charge on any atom is 0.258 e. The van der Waals surface area contributed by atoms with E-state index in [-0.39, 0.29) is 23.7 Å². The lowest BCUT2D eigenvalue weighted by atomic mass is 9.97. The van der Waals surface area contributed by atoms with E-state index in [0.29, 0.717) is 16.6 Å². The highest BCUT2D eigenvalue weighted by Crippen LogP contribution is 2.35. The second-order valence-corrected chi connectivity index (χ2v) is 7.56. The van der Waals surface area contributed by atoms with E-state index < -0.39 is 11.6 Å². The fraction of sp³-hybridized carbons (Fsp3) is 0.0769. The van der Waals surface area contributed by atoms with Crippen molar-refractivity contribution < 1.29 is 13.6 Å². The van der Waals surface area contributed by atoms with E-state index in [1.54, 1.807) is 37.5 Å². The summed E-state index contributed by atoms with van der Waals surface area (Å²) >= 11 is 0. The van der Waals surface area contributed by atoms with Crippen LogP contribution < -0.4 is 16.2 Å². The fourth-order valence-electron chi connectivity index (χ4n) is 3.66. The number of carbonyl (C=O) groups excluding carboxylic acids is 1. The number of rotatable bonds is 6. The summed E-state index contributed by atoms with van der Waals surface area (Å²) in [6, 6.07) is 15.9. The lowest BCUT2D eigenvalue weighted by molar-refractivity contribution is -0.116. The molecule has 0 aliphatic heterocycles. The number of anilines is 2. The van der Waals surface area contributed by atoms with Crippen LogP contribution in [0.1, 0.15) is 5.56 Å². The molecule has 0 saturated carbocycles. The first-order valence-corrected chi connectivity index (χ1v) is 10.2. The number of pyridine rings is 1. The smallest absolute Gasteiger partial charge is 0.258 e. The number of fused-ring (bicyclic) bond motifs is 1. The molecule has 0 fully saturated rings. The lowest BCUT2D eigenvalue weighted by Gasteiger charge is -2.17. The molecule has 1 amide bonds. The number of carbonyl (C=O) groups is 1. The van der Waals surface area contributed by atoms with Gasteiger partial charge in [0, 0.05) is 48.1 Å². The van der Waals surface area contributed by atoms with Gasteiger partial charge in [-0.2, -0.15) is 0 Å². The lowest BCUT2D eigenvalue weighted by Crippen LogP contribution is -2.20. The Kier molecular flexibility index (Phi) is 6.04. The number of amides is 1. The van der Waals surface area contributed by atoms with Crippen LogP contribution in [-0.4, -0.2) is 10.5 Å². The van der Waals surface area contributed by atoms with Crippen LogP contribution in [0, 0.1) is 11.6 Å². The van der Waals surface area contributed by atoms with Crippen molar-refractivity contribution in [2.24, 2.45) is 7.05 Å². The van der Waals surface area contributed by atoms with Crippen molar-refractivity contribution in [1.82, 2.24) is 9.88 Å². The average molecular weight is 445 g/mol. The molecule has 4 rings (SSSR count). The number of nitrogens with one attached hydrogen (secondary N) is 2. The normalized spacial score (nSPS) is 10.8. The Balaban J connectivity index is 1.89. The van der Waals surface area contributed by atoms with E-state index in [2.05, 4.69) is 17.2 Å². The summed E-state index contributed by atoms with van der Waals surface area (Å²) in [5.41, 5.74) is 2.76. The highest BCUT2D eigenvalue weighted by molar-refractivity contribution is 5.99. The topological polar surface area (TPSA) is 63.1 Å². The van der Waals surface area contributed by atoms with Gasteiger partial charge in [0.05, 0.1) is 5.69 Å². The SMILES string of the molecule is C=CC(=O)NCc1ccc(Nc2ccc(F)cc2F)c(-c2cn(C)c(=O)c3ccccc23)c1. The van der Waals surface area contributed by atoms with E-state index in [1.807, 2.05) is 18.2 Å². The monoisotopic (exact) mass is 445 g/mol. The number of benzene rings is 3. The molecule has 7 heteroatoms. The molecule has 2 N–H and O–H groups in total. The molecule has 0 saturated heterocycles. The molecule has 4 aromatic rings. The fourth-order valence-corrected chi connectivity index (χ4v) is 3.66. The second-order valence-electron chi connectivity index (χ2n) is 7.56. The van der Waals surface area contributed by atoms with E-state index in [0.717, 1.165) is 22.6 Å². The Morgan fingerprint density at radius 1 is 1.00 bits per heavy atom. The van der Waals surface area contributed by atoms with Crippen LogP contribution in [-0.2, 0) is 18.4 Å². The molecule has 0 aliphatic carbocycles. The quantitative estimate of drug-likeness (QED) is 0.409. The molecule has 3 aromatic carbocycles. The molecular formula is C26H21F2N3O2. The van der Waals surface area contributed by atoms with Crippen molar-refractivity contribution in [2.75, 3.05) is 5.32 Å². The predicted molar refractivity (Wildman–Crippen MR) is 126 cm³/mol. The first-order chi connectivity index (χ1) is 15.9. The third-order valence-electron chi connectivity index (χ3n) is 5.32. The zero-order chi connectivity index (χ0) is 23.5. The van der Waals surface area contributed by atoms with Crippen LogP contribution in [0.5, 0.6) is 0 Å². The number of halogens is 2. The minimum Gasteiger partial charge on any atom is -0.353 e. The van der Waals surface area contributed by atoms with Crippen molar-refractivity contribution in [1.29, 1.82) is 0 Å². The van der Waals surface area contributed by atoms with E-state index >= 15 is 0 Å². The van der Waals surface area contributed by atoms with Crippen molar-refractivity contribution in [2.45, 2.75) is 6.54 Å². The summed E-state index contributed by atoms with van der Waals surface area (Å²) in [5.74, 6) is -1.70. The molecule has 0 aliphatic rings. The molecule has 0 unspecified atom stereocenters. The Bertz CT molecular complexity index is 1440. The average Bonchev–Trinajstić information content (AvgIpc) is 2.82. The zero-order valence-corrected chi connectivity index (χ0v) is 17.9. The van der Waals surface area contributed by atoms with Crippen LogP contribution in [0.2, 0.25) is 0 Å². The maximum absolute atomic E-state index is 14.4. The van der Waals surface area contributed by atoms with Gasteiger partial charge in [0.1, 0.15) is 11.6 Å². The Morgan fingerprint density at radius 3 is 2.45 bits per heavy atom. The molecule has 33 heavy (non-hydrogen) atoms. The van der Waals surface area contributed by atoms with E-state index in [9.17, 15) is 18.4 Å². The summed E-state index contributed by atoms with van der Waals surface area (Å²) in [5, 5.41) is 7.05. The Morgan fingerprint density at radius 2 is 1.73 bits per heavy atom. The highest BCUT2D eigenvalue weighted by Gasteiger charge is 2.15. The first kappa shape index (κ1) is 22.0. The molecule has 0 radical (unpaired) electrons. The van der Waals surface area contributed by atoms with Gasteiger partial charge in [-0.15, -0.1) is 0 Å². The van der Waals surface area contributed by atoms with Gasteiger partial charge in [-0.1, -0.05) is 30.8 Å². The maximum atomic E-state index is 14.4. The van der Waals surface area contributed by atoms with Crippen molar-refractivity contribution in [3.05, 3.63) is 107 Å². The number of aryl methyl sites for hydroxylation is 1. The highest BCUT2D eigenvalue weighted by atomic mass is 19.1. The summed E-state index contributed by atoms with van der Waals surface area (Å²) in [4.78, 5) is 24.3. The van der Waals surface area contributed by atoms with Gasteiger partial charge in [0.15, 0.2) is 0 Å². The molecule has 0 bridgehead atoms. The van der Waals surface area contributed by atoms with Crippen LogP contribution in [0.3, 0.4) is 0 Å². The van der Waals surface area contributed by atoms with Crippen LogP contribution in [0.15, 0.2) is 84.3 Å². The number of aromatic nitrogens is 1. The van der Waals surface area contributed by atoms with Crippen LogP contribution in [0.4, 0.5) is 20.2 Å². The van der Waals surface area contributed by atoms with Gasteiger partial charge in [0.25, 0.3) is 5.56 Å². The molecule has 5 nitrogen and oxygen atoms in total. The van der Waals surface area contributed by atoms with Gasteiger partial charge in [0.2, 0.25) is 5.91 Å². The summed E-state index contributed by atoms with van der Waals surface area (Å²) in [7, 11) is 1.67. The summed E-state index contributed by atoms with van der Waals surface area (Å²) in [6.07, 6.45) is 2.91. The third-order valence-corrected chi connectivity index (χ3v) is 5.32. The van der Waals surface area contributed by atoms with Gasteiger partial charge in [-0.3, -0.25) is 9.59 Å². The van der Waals surface area contributed by atoms with E-state index in [4.69, 9.17) is 0 Å². The number of hydrogen-bond acceptors (Lipinski definition) is 3. The molecule has 166 valence electrons. The van der Waals surface area contributed by atoms with Crippen molar-refractivity contribution in [3.8, 4) is 11.1 Å². The van der Waals surface area contributed by atoms with E-state index in [1.165, 1.54) is 22.8 Å². The minimum atomic E-state index is -0.728. The second kappa shape index (κ2) is 9.08. The molecule has 0 spiro atoms. The molecule has 1 aromatic heterocycles. The number of hydrogen-bond donors (Lipinski definition) is 2. The Labute approximate surface area is 189 Å². The van der Waals surface area contributed by atoms with Crippen LogP contribution in [0.25, 0.3) is 21.9 Å². The van der Waals surface area contributed by atoms with Gasteiger partial charge < -0.3 is 15.2 Å². The minimum absolute atomic E-state index is 0.111. The molecule has 0 atom stereocenters. The molecule has 1 heterocycles. The van der Waals surface area contributed by atoms with Gasteiger partial charge >= 0.3 is 0 Å². The van der Waals surface area contributed by atoms with Gasteiger partial charge in [-0.25, -0.2) is 8.78 Å². The zero-order valence-electron chi connectivity index (χ0n) is 17.9. The van der Waals surface area contributed by atoms with Gasteiger partial charge in [-0.05, 0) is 47.4 Å². The van der Waals surface area contributed by atoms with Crippen LogP contribution >= 0.6 is 0 Å². The van der Waals surface area contributed by atoms with Crippen molar-refractivity contribution >= 4 is 28.1 Å². The summed E-state index contributed by atoms with van der Waals surface area (Å²) in [6.45, 7) is 3.71. The largest absolute Gasteiger partial charge is 0.353 e. The predicted octanol–water partition coefficient (Wildman–Crippen LogP) is 5.03. The number of nitrogens with zero attached hydrogens (tertiary/aromatic N) is 1. The summed E-state index contributed by atoms with van der Waals surface area (Å²) < 4.78 is 29.2. The molecular weight excluding hydrogens is 424 g/mol. The van der Waals surface area contributed by atoms with Crippen molar-refractivity contribution in [3.63, 3.8) is 0 Å². The Hall–Kier alpha value is -4.26. The third kappa shape index (κ3) is 4.52.